The Kier molecular flexibility index (Phi) is 5.80. The van der Waals surface area contributed by atoms with Crippen LogP contribution in [0, 0.1) is 0 Å². The number of hydrogen-bond donors (Lipinski definition) is 0. The van der Waals surface area contributed by atoms with Crippen LogP contribution >= 0.6 is 0 Å². The molecular formula is C25H21NO5. The molecule has 6 nitrogen and oxygen atoms in total. The van der Waals surface area contributed by atoms with Crippen LogP contribution in [0.15, 0.2) is 78.9 Å². The lowest BCUT2D eigenvalue weighted by Gasteiger charge is -2.25. The minimum absolute atomic E-state index is 0.0251. The molecule has 3 aromatic carbocycles. The third-order valence-electron chi connectivity index (χ3n) is 5.22. The smallest absolute Gasteiger partial charge is 0.330 e. The van der Waals surface area contributed by atoms with E-state index in [2.05, 4.69) is 0 Å². The first-order chi connectivity index (χ1) is 15.1. The van der Waals surface area contributed by atoms with Gasteiger partial charge in [0.15, 0.2) is 0 Å². The van der Waals surface area contributed by atoms with Crippen LogP contribution in [0.3, 0.4) is 0 Å². The molecule has 0 saturated heterocycles. The van der Waals surface area contributed by atoms with Crippen LogP contribution in [0.2, 0.25) is 0 Å². The number of carbonyl (C=O) groups excluding carboxylic acids is 3. The highest BCUT2D eigenvalue weighted by molar-refractivity contribution is 6.22. The molecule has 0 N–H and O–H groups in total. The number of nitrogens with zero attached hydrogens (tertiary/aromatic N) is 1. The third kappa shape index (κ3) is 4.19. The molecule has 1 aliphatic rings. The Labute approximate surface area is 180 Å². The van der Waals surface area contributed by atoms with Gasteiger partial charge >= 0.3 is 5.97 Å². The molecule has 1 atom stereocenters. The predicted octanol–water partition coefficient (Wildman–Crippen LogP) is 3.65. The Hall–Kier alpha value is -3.93. The number of rotatable bonds is 7. The van der Waals surface area contributed by atoms with Gasteiger partial charge in [-0.1, -0.05) is 54.6 Å². The molecule has 31 heavy (non-hydrogen) atoms. The summed E-state index contributed by atoms with van der Waals surface area (Å²) in [5.41, 5.74) is 2.20. The van der Waals surface area contributed by atoms with Gasteiger partial charge in [0, 0.05) is 6.42 Å². The molecule has 0 saturated carbocycles. The Morgan fingerprint density at radius 3 is 1.97 bits per heavy atom. The normalized spacial score (nSPS) is 13.6. The summed E-state index contributed by atoms with van der Waals surface area (Å²) in [6.45, 7) is 0.0251. The fourth-order valence-electron chi connectivity index (χ4n) is 3.58. The van der Waals surface area contributed by atoms with Gasteiger partial charge in [-0.3, -0.25) is 14.5 Å². The van der Waals surface area contributed by atoms with Crippen molar-refractivity contribution in [2.45, 2.75) is 19.1 Å². The van der Waals surface area contributed by atoms with E-state index in [4.69, 9.17) is 9.47 Å². The van der Waals surface area contributed by atoms with Crippen LogP contribution in [-0.4, -0.2) is 35.8 Å². The Morgan fingerprint density at radius 2 is 1.39 bits per heavy atom. The summed E-state index contributed by atoms with van der Waals surface area (Å²) in [7, 11) is 1.57. The van der Waals surface area contributed by atoms with Gasteiger partial charge in [-0.25, -0.2) is 4.79 Å². The van der Waals surface area contributed by atoms with Gasteiger partial charge in [0.2, 0.25) is 0 Å². The summed E-state index contributed by atoms with van der Waals surface area (Å²) in [5, 5.41) is 0. The molecule has 0 aliphatic carbocycles. The summed E-state index contributed by atoms with van der Waals surface area (Å²) in [6, 6.07) is 21.9. The number of esters is 1. The van der Waals surface area contributed by atoms with Crippen LogP contribution in [0.5, 0.6) is 5.75 Å². The highest BCUT2D eigenvalue weighted by atomic mass is 16.5. The van der Waals surface area contributed by atoms with Crippen LogP contribution in [0.4, 0.5) is 0 Å². The lowest BCUT2D eigenvalue weighted by Crippen LogP contribution is -2.47. The van der Waals surface area contributed by atoms with Gasteiger partial charge in [0.25, 0.3) is 11.8 Å². The van der Waals surface area contributed by atoms with E-state index < -0.39 is 23.8 Å². The molecule has 6 heteroatoms. The average molecular weight is 415 g/mol. The van der Waals surface area contributed by atoms with Crippen LogP contribution < -0.4 is 4.74 Å². The maximum Gasteiger partial charge on any atom is 0.330 e. The minimum atomic E-state index is -1.06. The molecule has 156 valence electrons. The lowest BCUT2D eigenvalue weighted by molar-refractivity contribution is -0.149. The SMILES string of the molecule is COc1ccc(COC(=O)[C@H](Cc2ccccc2)N2C(=O)c3ccccc3C2=O)cc1. The summed E-state index contributed by atoms with van der Waals surface area (Å²) in [6.07, 6.45) is 0.174. The first kappa shape index (κ1) is 20.3. The molecule has 0 fully saturated rings. The van der Waals surface area contributed by atoms with Gasteiger partial charge in [-0.05, 0) is 35.4 Å². The van der Waals surface area contributed by atoms with Crippen molar-refractivity contribution in [1.82, 2.24) is 4.90 Å². The fourth-order valence-corrected chi connectivity index (χ4v) is 3.58. The maximum atomic E-state index is 13.1. The van der Waals surface area contributed by atoms with Crippen molar-refractivity contribution in [3.8, 4) is 5.75 Å². The van der Waals surface area contributed by atoms with E-state index in [9.17, 15) is 14.4 Å². The first-order valence-corrected chi connectivity index (χ1v) is 9.89. The van der Waals surface area contributed by atoms with E-state index in [1.807, 2.05) is 30.3 Å². The van der Waals surface area contributed by atoms with Crippen molar-refractivity contribution < 1.29 is 23.9 Å². The molecule has 0 radical (unpaired) electrons. The van der Waals surface area contributed by atoms with Gasteiger partial charge in [0.05, 0.1) is 18.2 Å². The average Bonchev–Trinajstić information content (AvgIpc) is 3.07. The largest absolute Gasteiger partial charge is 0.497 e. The second kappa shape index (κ2) is 8.83. The first-order valence-electron chi connectivity index (χ1n) is 9.89. The topological polar surface area (TPSA) is 72.9 Å². The minimum Gasteiger partial charge on any atom is -0.497 e. The number of benzene rings is 3. The number of methoxy groups -OCH3 is 1. The van der Waals surface area contributed by atoms with Crippen LogP contribution in [0.25, 0.3) is 0 Å². The van der Waals surface area contributed by atoms with Crippen molar-refractivity contribution in [1.29, 1.82) is 0 Å². The van der Waals surface area contributed by atoms with Crippen molar-refractivity contribution >= 4 is 17.8 Å². The summed E-state index contributed by atoms with van der Waals surface area (Å²) < 4.78 is 10.6. The molecule has 1 aliphatic heterocycles. The number of hydrogen-bond acceptors (Lipinski definition) is 5. The lowest BCUT2D eigenvalue weighted by atomic mass is 10.0. The molecule has 0 aromatic heterocycles. The van der Waals surface area contributed by atoms with E-state index in [1.54, 1.807) is 55.6 Å². The predicted molar refractivity (Wildman–Crippen MR) is 114 cm³/mol. The molecule has 2 amide bonds. The monoisotopic (exact) mass is 415 g/mol. The third-order valence-corrected chi connectivity index (χ3v) is 5.22. The van der Waals surface area contributed by atoms with E-state index in [-0.39, 0.29) is 13.0 Å². The highest BCUT2D eigenvalue weighted by Crippen LogP contribution is 2.26. The molecule has 0 bridgehead atoms. The van der Waals surface area contributed by atoms with Crippen LogP contribution in [-0.2, 0) is 22.6 Å². The van der Waals surface area contributed by atoms with Gasteiger partial charge in [-0.2, -0.15) is 0 Å². The quantitative estimate of drug-likeness (QED) is 0.435. The Bertz CT molecular complexity index is 1070. The summed E-state index contributed by atoms with van der Waals surface area (Å²) in [4.78, 5) is 40.0. The van der Waals surface area contributed by atoms with Crippen molar-refractivity contribution in [3.63, 3.8) is 0 Å². The second-order valence-electron chi connectivity index (χ2n) is 7.19. The standard InChI is InChI=1S/C25H21NO5/c1-30-19-13-11-18(12-14-19)16-31-25(29)22(15-17-7-3-2-4-8-17)26-23(27)20-9-5-6-10-21(20)24(26)28/h2-14,22H,15-16H2,1H3/t22-/m0/s1. The number of imide groups is 1. The molecule has 4 rings (SSSR count). The number of ether oxygens (including phenoxy) is 2. The molecule has 3 aromatic rings. The Morgan fingerprint density at radius 1 is 0.806 bits per heavy atom. The maximum absolute atomic E-state index is 13.1. The zero-order chi connectivity index (χ0) is 21.8. The zero-order valence-corrected chi connectivity index (χ0v) is 17.0. The highest BCUT2D eigenvalue weighted by Gasteiger charge is 2.43. The van der Waals surface area contributed by atoms with E-state index in [0.29, 0.717) is 16.9 Å². The number of amides is 2. The zero-order valence-electron chi connectivity index (χ0n) is 17.0. The number of fused-ring (bicyclic) bond motifs is 1. The van der Waals surface area contributed by atoms with E-state index in [1.165, 1.54) is 0 Å². The summed E-state index contributed by atoms with van der Waals surface area (Å²) >= 11 is 0. The molecule has 1 heterocycles. The Balaban J connectivity index is 1.57. The fraction of sp³-hybridized carbons (Fsp3) is 0.160. The van der Waals surface area contributed by atoms with E-state index in [0.717, 1.165) is 16.0 Å². The van der Waals surface area contributed by atoms with Crippen molar-refractivity contribution in [2.75, 3.05) is 7.11 Å². The van der Waals surface area contributed by atoms with Crippen LogP contribution in [0.1, 0.15) is 31.8 Å². The number of carbonyl (C=O) groups is 3. The molecular weight excluding hydrogens is 394 g/mol. The summed E-state index contributed by atoms with van der Waals surface area (Å²) in [5.74, 6) is -0.900. The molecule has 0 unspecified atom stereocenters. The van der Waals surface area contributed by atoms with Crippen molar-refractivity contribution in [3.05, 3.63) is 101 Å². The second-order valence-corrected chi connectivity index (χ2v) is 7.19. The van der Waals surface area contributed by atoms with E-state index >= 15 is 0 Å². The van der Waals surface area contributed by atoms with Gasteiger partial charge in [0.1, 0.15) is 18.4 Å². The van der Waals surface area contributed by atoms with Crippen molar-refractivity contribution in [2.24, 2.45) is 0 Å². The van der Waals surface area contributed by atoms with Gasteiger partial charge < -0.3 is 9.47 Å². The van der Waals surface area contributed by atoms with Gasteiger partial charge in [-0.15, -0.1) is 0 Å². The molecule has 0 spiro atoms.